The van der Waals surface area contributed by atoms with Crippen LogP contribution in [-0.4, -0.2) is 12.1 Å². The number of nitrogens with one attached hydrogen (secondary N) is 1. The number of methoxy groups -OCH3 is 1. The van der Waals surface area contributed by atoms with Crippen LogP contribution in [0.2, 0.25) is 5.02 Å². The zero-order chi connectivity index (χ0) is 13.4. The smallest absolute Gasteiger partial charge is 0.119 e. The molecule has 0 aliphatic heterocycles. The van der Waals surface area contributed by atoms with Crippen LogP contribution in [0.3, 0.4) is 0 Å². The molecule has 0 unspecified atom stereocenters. The lowest BCUT2D eigenvalue weighted by molar-refractivity contribution is 0.415. The van der Waals surface area contributed by atoms with Gasteiger partial charge in [0.15, 0.2) is 0 Å². The molecule has 0 aliphatic rings. The van der Waals surface area contributed by atoms with E-state index in [1.807, 2.05) is 30.3 Å². The third kappa shape index (κ3) is 2.13. The van der Waals surface area contributed by atoms with Gasteiger partial charge in [-0.2, -0.15) is 0 Å². The molecule has 0 saturated heterocycles. The molecular weight excluding hydrogens is 260 g/mol. The first-order chi connectivity index (χ1) is 9.17. The van der Waals surface area contributed by atoms with Crippen LogP contribution in [-0.2, 0) is 0 Å². The summed E-state index contributed by atoms with van der Waals surface area (Å²) in [5.74, 6) is 0.835. The van der Waals surface area contributed by atoms with E-state index in [1.54, 1.807) is 13.2 Å². The van der Waals surface area contributed by atoms with Crippen LogP contribution in [0, 0.1) is 0 Å². The second kappa shape index (κ2) is 4.52. The zero-order valence-electron chi connectivity index (χ0n) is 10.4. The summed E-state index contributed by atoms with van der Waals surface area (Å²) >= 11 is 5.92. The molecule has 3 nitrogen and oxygen atoms in total. The van der Waals surface area contributed by atoms with Crippen molar-refractivity contribution >= 4 is 28.2 Å². The van der Waals surface area contributed by atoms with Crippen molar-refractivity contribution in [2.45, 2.75) is 0 Å². The molecule has 0 radical (unpaired) electrons. The van der Waals surface area contributed by atoms with Gasteiger partial charge in [-0.15, -0.1) is 0 Å². The van der Waals surface area contributed by atoms with Gasteiger partial charge in [0.25, 0.3) is 0 Å². The van der Waals surface area contributed by atoms with Gasteiger partial charge >= 0.3 is 0 Å². The summed E-state index contributed by atoms with van der Waals surface area (Å²) in [6.07, 6.45) is 0. The van der Waals surface area contributed by atoms with E-state index in [9.17, 15) is 0 Å². The Bertz CT molecular complexity index is 749. The summed E-state index contributed by atoms with van der Waals surface area (Å²) in [5, 5.41) is 1.72. The van der Waals surface area contributed by atoms with Crippen LogP contribution in [0.25, 0.3) is 22.2 Å². The molecule has 4 heteroatoms. The second-order valence-electron chi connectivity index (χ2n) is 4.37. The number of ether oxygens (including phenoxy) is 1. The first kappa shape index (κ1) is 11.9. The highest BCUT2D eigenvalue weighted by Crippen LogP contribution is 2.31. The molecule has 3 aromatic rings. The number of hydrogen-bond acceptors (Lipinski definition) is 2. The van der Waals surface area contributed by atoms with Crippen molar-refractivity contribution in [2.75, 3.05) is 12.8 Å². The number of aromatic amines is 1. The first-order valence-electron chi connectivity index (χ1n) is 5.89. The normalized spacial score (nSPS) is 10.8. The van der Waals surface area contributed by atoms with Crippen LogP contribution in [0.5, 0.6) is 5.75 Å². The molecular formula is C15H13ClN2O. The number of fused-ring (bicyclic) bond motifs is 1. The van der Waals surface area contributed by atoms with Gasteiger partial charge in [0.1, 0.15) is 5.75 Å². The van der Waals surface area contributed by atoms with Crippen LogP contribution in [0.4, 0.5) is 5.69 Å². The lowest BCUT2D eigenvalue weighted by Gasteiger charge is -2.03. The number of benzene rings is 2. The lowest BCUT2D eigenvalue weighted by Crippen LogP contribution is -1.89. The monoisotopic (exact) mass is 272 g/mol. The largest absolute Gasteiger partial charge is 0.497 e. The van der Waals surface area contributed by atoms with Gasteiger partial charge in [-0.25, -0.2) is 0 Å². The maximum Gasteiger partial charge on any atom is 0.119 e. The Hall–Kier alpha value is -2.13. The maximum atomic E-state index is 6.00. The summed E-state index contributed by atoms with van der Waals surface area (Å²) < 4.78 is 5.22. The number of hydrogen-bond donors (Lipinski definition) is 2. The van der Waals surface area contributed by atoms with E-state index in [1.165, 1.54) is 0 Å². The van der Waals surface area contributed by atoms with Crippen molar-refractivity contribution in [2.24, 2.45) is 0 Å². The van der Waals surface area contributed by atoms with Crippen LogP contribution >= 0.6 is 11.6 Å². The Morgan fingerprint density at radius 3 is 2.68 bits per heavy atom. The highest BCUT2D eigenvalue weighted by Gasteiger charge is 2.07. The predicted octanol–water partition coefficient (Wildman–Crippen LogP) is 4.08. The third-order valence-corrected chi connectivity index (χ3v) is 3.37. The van der Waals surface area contributed by atoms with Gasteiger partial charge in [0, 0.05) is 32.9 Å². The van der Waals surface area contributed by atoms with Gasteiger partial charge in [-0.1, -0.05) is 11.6 Å². The van der Waals surface area contributed by atoms with E-state index in [4.69, 9.17) is 22.1 Å². The number of anilines is 1. The minimum absolute atomic E-state index is 0.638. The topological polar surface area (TPSA) is 51.0 Å². The van der Waals surface area contributed by atoms with Crippen molar-refractivity contribution in [1.82, 2.24) is 4.98 Å². The highest BCUT2D eigenvalue weighted by atomic mass is 35.5. The average molecular weight is 273 g/mol. The Balaban J connectivity index is 2.14. The fourth-order valence-electron chi connectivity index (χ4n) is 2.16. The number of halogens is 1. The van der Waals surface area contributed by atoms with Gasteiger partial charge in [-0.3, -0.25) is 0 Å². The van der Waals surface area contributed by atoms with Crippen molar-refractivity contribution in [3.8, 4) is 17.0 Å². The molecule has 0 saturated carbocycles. The minimum atomic E-state index is 0.638. The van der Waals surface area contributed by atoms with E-state index in [2.05, 4.69) is 11.1 Å². The Labute approximate surface area is 116 Å². The van der Waals surface area contributed by atoms with E-state index in [0.29, 0.717) is 10.7 Å². The van der Waals surface area contributed by atoms with Crippen LogP contribution in [0.15, 0.2) is 42.5 Å². The standard InChI is InChI=1S/C15H13ClN2O/c1-19-11-3-5-14-9(6-11)7-15(18-14)12-4-2-10(16)8-13(12)17/h2-8,18H,17H2,1H3. The third-order valence-electron chi connectivity index (χ3n) is 3.13. The van der Waals surface area contributed by atoms with Gasteiger partial charge in [-0.05, 0) is 42.5 Å². The average Bonchev–Trinajstić information content (AvgIpc) is 2.80. The molecule has 2 aromatic carbocycles. The molecule has 0 bridgehead atoms. The number of nitrogens with two attached hydrogens (primary N) is 1. The Morgan fingerprint density at radius 2 is 1.95 bits per heavy atom. The first-order valence-corrected chi connectivity index (χ1v) is 6.27. The van der Waals surface area contributed by atoms with Crippen molar-refractivity contribution in [3.63, 3.8) is 0 Å². The van der Waals surface area contributed by atoms with E-state index >= 15 is 0 Å². The molecule has 0 amide bonds. The van der Waals surface area contributed by atoms with Crippen molar-refractivity contribution in [3.05, 3.63) is 47.5 Å². The lowest BCUT2D eigenvalue weighted by atomic mass is 10.1. The van der Waals surface area contributed by atoms with Crippen LogP contribution < -0.4 is 10.5 Å². The summed E-state index contributed by atoms with van der Waals surface area (Å²) in [6.45, 7) is 0. The van der Waals surface area contributed by atoms with Gasteiger partial charge in [0.05, 0.1) is 7.11 Å². The summed E-state index contributed by atoms with van der Waals surface area (Å²) in [4.78, 5) is 3.34. The molecule has 1 heterocycles. The quantitative estimate of drug-likeness (QED) is 0.691. The summed E-state index contributed by atoms with van der Waals surface area (Å²) in [6, 6.07) is 13.5. The fraction of sp³-hybridized carbons (Fsp3) is 0.0667. The van der Waals surface area contributed by atoms with Gasteiger partial charge < -0.3 is 15.5 Å². The molecule has 96 valence electrons. The molecule has 0 aliphatic carbocycles. The summed E-state index contributed by atoms with van der Waals surface area (Å²) in [7, 11) is 1.66. The Kier molecular flexibility index (Phi) is 2.84. The van der Waals surface area contributed by atoms with Crippen LogP contribution in [0.1, 0.15) is 0 Å². The molecule has 3 N–H and O–H groups in total. The maximum absolute atomic E-state index is 6.00. The SMILES string of the molecule is COc1ccc2[nH]c(-c3ccc(Cl)cc3N)cc2c1. The van der Waals surface area contributed by atoms with Gasteiger partial charge in [0.2, 0.25) is 0 Å². The molecule has 1 aromatic heterocycles. The zero-order valence-corrected chi connectivity index (χ0v) is 11.2. The van der Waals surface area contributed by atoms with E-state index < -0.39 is 0 Å². The number of H-pyrrole nitrogens is 1. The minimum Gasteiger partial charge on any atom is -0.497 e. The van der Waals surface area contributed by atoms with Crippen molar-refractivity contribution in [1.29, 1.82) is 0 Å². The summed E-state index contributed by atoms with van der Waals surface area (Å²) in [5.41, 5.74) is 9.62. The number of rotatable bonds is 2. The molecule has 0 spiro atoms. The molecule has 3 rings (SSSR count). The van der Waals surface area contributed by atoms with E-state index in [0.717, 1.165) is 27.9 Å². The predicted molar refractivity (Wildman–Crippen MR) is 79.7 cm³/mol. The van der Waals surface area contributed by atoms with Crippen molar-refractivity contribution < 1.29 is 4.74 Å². The second-order valence-corrected chi connectivity index (χ2v) is 4.80. The molecule has 0 atom stereocenters. The Morgan fingerprint density at radius 1 is 1.11 bits per heavy atom. The highest BCUT2D eigenvalue weighted by molar-refractivity contribution is 6.31. The number of aromatic nitrogens is 1. The molecule has 0 fully saturated rings. The number of nitrogen functional groups attached to an aromatic ring is 1. The molecule has 19 heavy (non-hydrogen) atoms. The fourth-order valence-corrected chi connectivity index (χ4v) is 2.34. The van der Waals surface area contributed by atoms with E-state index in [-0.39, 0.29) is 0 Å².